The topological polar surface area (TPSA) is 47.8 Å². The van der Waals surface area contributed by atoms with E-state index in [0.717, 1.165) is 5.69 Å². The Kier molecular flexibility index (Phi) is 2.10. The lowest BCUT2D eigenvalue weighted by atomic mass is 10.3. The molecule has 0 radical (unpaired) electrons. The van der Waals surface area contributed by atoms with Gasteiger partial charge in [0.2, 0.25) is 0 Å². The predicted octanol–water partition coefficient (Wildman–Crippen LogP) is 1.28. The molecule has 0 atom stereocenters. The number of carbonyl (C=O) groups is 1. The zero-order valence-corrected chi connectivity index (χ0v) is 7.71. The van der Waals surface area contributed by atoms with Crippen molar-refractivity contribution in [3.8, 4) is 0 Å². The molecule has 4 nitrogen and oxygen atoms in total. The minimum Gasteiger partial charge on any atom is -0.271 e. The van der Waals surface area contributed by atoms with E-state index in [0.29, 0.717) is 5.69 Å². The maximum atomic E-state index is 11.7. The molecule has 2 heterocycles. The number of imidazole rings is 1. The Labute approximate surface area is 81.2 Å². The second kappa shape index (κ2) is 3.41. The Morgan fingerprint density at radius 2 is 2.29 bits per heavy atom. The average Bonchev–Trinajstić information content (AvgIpc) is 2.69. The van der Waals surface area contributed by atoms with E-state index >= 15 is 0 Å². The third-order valence-electron chi connectivity index (χ3n) is 1.85. The van der Waals surface area contributed by atoms with E-state index in [1.54, 1.807) is 18.5 Å². The minimum atomic E-state index is -0.161. The number of hydrogen-bond acceptors (Lipinski definition) is 3. The largest absolute Gasteiger partial charge is 0.281 e. The van der Waals surface area contributed by atoms with Crippen molar-refractivity contribution in [3.05, 3.63) is 48.3 Å². The van der Waals surface area contributed by atoms with Crippen molar-refractivity contribution in [1.82, 2.24) is 14.5 Å². The quantitative estimate of drug-likeness (QED) is 0.675. The van der Waals surface area contributed by atoms with Crippen LogP contribution in [0.5, 0.6) is 0 Å². The highest BCUT2D eigenvalue weighted by atomic mass is 16.2. The van der Waals surface area contributed by atoms with E-state index in [1.807, 2.05) is 19.1 Å². The molecule has 14 heavy (non-hydrogen) atoms. The lowest BCUT2D eigenvalue weighted by Gasteiger charge is -2.00. The van der Waals surface area contributed by atoms with Gasteiger partial charge >= 0.3 is 0 Å². The average molecular weight is 187 g/mol. The van der Waals surface area contributed by atoms with E-state index < -0.39 is 0 Å². The summed E-state index contributed by atoms with van der Waals surface area (Å²) in [5.41, 5.74) is 1.26. The zero-order chi connectivity index (χ0) is 9.97. The highest BCUT2D eigenvalue weighted by Gasteiger charge is 2.08. The van der Waals surface area contributed by atoms with Crippen LogP contribution in [0.3, 0.4) is 0 Å². The van der Waals surface area contributed by atoms with Crippen molar-refractivity contribution < 1.29 is 4.79 Å². The third-order valence-corrected chi connectivity index (χ3v) is 1.85. The van der Waals surface area contributed by atoms with Crippen molar-refractivity contribution in [1.29, 1.82) is 0 Å². The van der Waals surface area contributed by atoms with Crippen LogP contribution in [0.4, 0.5) is 0 Å². The maximum Gasteiger partial charge on any atom is 0.281 e. The summed E-state index contributed by atoms with van der Waals surface area (Å²) in [4.78, 5) is 19.7. The molecule has 0 unspecified atom stereocenters. The van der Waals surface area contributed by atoms with Gasteiger partial charge in [0, 0.05) is 18.1 Å². The molecule has 4 heteroatoms. The van der Waals surface area contributed by atoms with Crippen LogP contribution in [-0.4, -0.2) is 20.4 Å². The molecule has 0 aliphatic heterocycles. The Morgan fingerprint density at radius 1 is 1.43 bits per heavy atom. The van der Waals surface area contributed by atoms with E-state index in [4.69, 9.17) is 0 Å². The number of aryl methyl sites for hydroxylation is 1. The number of hydrogen-bond donors (Lipinski definition) is 0. The second-order valence-corrected chi connectivity index (χ2v) is 2.94. The molecule has 0 aliphatic carbocycles. The molecule has 70 valence electrons. The van der Waals surface area contributed by atoms with Crippen LogP contribution in [0.1, 0.15) is 16.2 Å². The molecule has 0 saturated heterocycles. The van der Waals surface area contributed by atoms with Crippen LogP contribution in [-0.2, 0) is 0 Å². The fourth-order valence-electron chi connectivity index (χ4n) is 1.17. The highest BCUT2D eigenvalue weighted by molar-refractivity contribution is 5.93. The Morgan fingerprint density at radius 3 is 2.93 bits per heavy atom. The highest BCUT2D eigenvalue weighted by Crippen LogP contribution is 2.01. The smallest absolute Gasteiger partial charge is 0.271 e. The summed E-state index contributed by atoms with van der Waals surface area (Å²) in [6.07, 6.45) is 4.63. The molecule has 2 rings (SSSR count). The van der Waals surface area contributed by atoms with Crippen LogP contribution >= 0.6 is 0 Å². The van der Waals surface area contributed by atoms with Gasteiger partial charge in [-0.2, -0.15) is 0 Å². The first-order valence-electron chi connectivity index (χ1n) is 4.24. The van der Waals surface area contributed by atoms with Gasteiger partial charge in [-0.25, -0.2) is 9.97 Å². The summed E-state index contributed by atoms with van der Waals surface area (Å²) in [7, 11) is 0. The van der Waals surface area contributed by atoms with Gasteiger partial charge in [0.05, 0.1) is 0 Å². The monoisotopic (exact) mass is 187 g/mol. The van der Waals surface area contributed by atoms with Gasteiger partial charge in [0.25, 0.3) is 5.91 Å². The van der Waals surface area contributed by atoms with E-state index in [-0.39, 0.29) is 5.91 Å². The summed E-state index contributed by atoms with van der Waals surface area (Å²) in [6.45, 7) is 1.85. The molecule has 2 aromatic heterocycles. The molecule has 2 aromatic rings. The Hall–Kier alpha value is -1.97. The molecule has 0 aromatic carbocycles. The summed E-state index contributed by atoms with van der Waals surface area (Å²) >= 11 is 0. The van der Waals surface area contributed by atoms with Gasteiger partial charge in [-0.15, -0.1) is 0 Å². The number of nitrogens with zero attached hydrogens (tertiary/aromatic N) is 3. The summed E-state index contributed by atoms with van der Waals surface area (Å²) < 4.78 is 1.40. The SMILES string of the molecule is Cc1cccc(C(=O)n2ccnc2)n1. The molecule has 0 N–H and O–H groups in total. The van der Waals surface area contributed by atoms with Crippen molar-refractivity contribution in [2.75, 3.05) is 0 Å². The number of aromatic nitrogens is 3. The molecular weight excluding hydrogens is 178 g/mol. The van der Waals surface area contributed by atoms with Crippen LogP contribution in [0, 0.1) is 6.92 Å². The first-order valence-corrected chi connectivity index (χ1v) is 4.24. The number of rotatable bonds is 1. The lowest BCUT2D eigenvalue weighted by Crippen LogP contribution is -2.11. The van der Waals surface area contributed by atoms with Gasteiger partial charge in [-0.1, -0.05) is 6.07 Å². The predicted molar refractivity (Wildman–Crippen MR) is 50.9 cm³/mol. The van der Waals surface area contributed by atoms with Crippen molar-refractivity contribution in [2.45, 2.75) is 6.92 Å². The van der Waals surface area contributed by atoms with E-state index in [2.05, 4.69) is 9.97 Å². The van der Waals surface area contributed by atoms with Crippen LogP contribution in [0.25, 0.3) is 0 Å². The van der Waals surface area contributed by atoms with Gasteiger partial charge in [-0.3, -0.25) is 9.36 Å². The minimum absolute atomic E-state index is 0.161. The molecule has 0 bridgehead atoms. The van der Waals surface area contributed by atoms with Crippen LogP contribution in [0.15, 0.2) is 36.9 Å². The normalized spacial score (nSPS) is 10.1. The molecule has 0 saturated carbocycles. The molecular formula is C10H9N3O. The van der Waals surface area contributed by atoms with Crippen LogP contribution in [0.2, 0.25) is 0 Å². The molecule has 0 fully saturated rings. The fraction of sp³-hybridized carbons (Fsp3) is 0.100. The number of pyridine rings is 1. The fourth-order valence-corrected chi connectivity index (χ4v) is 1.17. The summed E-state index contributed by atoms with van der Waals surface area (Å²) in [6, 6.07) is 5.35. The summed E-state index contributed by atoms with van der Waals surface area (Å²) in [5.74, 6) is -0.161. The molecule has 0 aliphatic rings. The first kappa shape index (κ1) is 8.62. The maximum absolute atomic E-state index is 11.7. The van der Waals surface area contributed by atoms with E-state index in [9.17, 15) is 4.79 Å². The third kappa shape index (κ3) is 1.54. The van der Waals surface area contributed by atoms with Gasteiger partial charge in [-0.05, 0) is 19.1 Å². The van der Waals surface area contributed by atoms with Crippen molar-refractivity contribution in [3.63, 3.8) is 0 Å². The van der Waals surface area contributed by atoms with E-state index in [1.165, 1.54) is 10.9 Å². The van der Waals surface area contributed by atoms with Crippen molar-refractivity contribution >= 4 is 5.91 Å². The number of carbonyl (C=O) groups excluding carboxylic acids is 1. The molecule has 0 spiro atoms. The Balaban J connectivity index is 2.37. The Bertz CT molecular complexity index is 448. The summed E-state index contributed by atoms with van der Waals surface area (Å²) in [5, 5.41) is 0. The zero-order valence-electron chi connectivity index (χ0n) is 7.71. The van der Waals surface area contributed by atoms with Gasteiger partial charge in [0.1, 0.15) is 12.0 Å². The standard InChI is InChI=1S/C10H9N3O/c1-8-3-2-4-9(12-8)10(14)13-6-5-11-7-13/h2-7H,1H3. The van der Waals surface area contributed by atoms with Crippen molar-refractivity contribution in [2.24, 2.45) is 0 Å². The second-order valence-electron chi connectivity index (χ2n) is 2.94. The molecule has 0 amide bonds. The van der Waals surface area contributed by atoms with Gasteiger partial charge in [0.15, 0.2) is 0 Å². The lowest BCUT2D eigenvalue weighted by molar-refractivity contribution is 0.0954. The first-order chi connectivity index (χ1) is 6.77. The van der Waals surface area contributed by atoms with Crippen LogP contribution < -0.4 is 0 Å². The van der Waals surface area contributed by atoms with Gasteiger partial charge < -0.3 is 0 Å².